The van der Waals surface area contributed by atoms with Gasteiger partial charge < -0.3 is 14.6 Å². The number of ether oxygens (including phenoxy) is 1. The van der Waals surface area contributed by atoms with Crippen LogP contribution < -0.4 is 10.1 Å². The predicted molar refractivity (Wildman–Crippen MR) is 77.6 cm³/mol. The molecular formula is C15H18N4O. The van der Waals surface area contributed by atoms with Crippen LogP contribution in [0, 0.1) is 11.3 Å². The molecule has 0 aliphatic rings. The maximum atomic E-state index is 8.89. The molecule has 20 heavy (non-hydrogen) atoms. The van der Waals surface area contributed by atoms with Gasteiger partial charge in [-0.2, -0.15) is 5.26 Å². The van der Waals surface area contributed by atoms with Gasteiger partial charge in [0.05, 0.1) is 43.0 Å². The Morgan fingerprint density at radius 1 is 1.45 bits per heavy atom. The third kappa shape index (κ3) is 2.91. The molecule has 2 rings (SSSR count). The van der Waals surface area contributed by atoms with E-state index in [4.69, 9.17) is 10.00 Å². The fourth-order valence-corrected chi connectivity index (χ4v) is 2.03. The Bertz CT molecular complexity index is 625. The molecule has 5 heteroatoms. The molecule has 0 spiro atoms. The summed E-state index contributed by atoms with van der Waals surface area (Å²) in [7, 11) is 1.60. The fraction of sp³-hybridized carbons (Fsp3) is 0.333. The van der Waals surface area contributed by atoms with Crippen LogP contribution in [0.5, 0.6) is 5.75 Å². The number of rotatable bonds is 5. The Labute approximate surface area is 118 Å². The Hall–Kier alpha value is -2.48. The highest BCUT2D eigenvalue weighted by molar-refractivity contribution is 5.59. The zero-order valence-corrected chi connectivity index (χ0v) is 11.9. The topological polar surface area (TPSA) is 62.9 Å². The summed E-state index contributed by atoms with van der Waals surface area (Å²) in [6.07, 6.45) is 3.68. The van der Waals surface area contributed by atoms with Gasteiger partial charge in [0.25, 0.3) is 0 Å². The van der Waals surface area contributed by atoms with Crippen molar-refractivity contribution < 1.29 is 4.74 Å². The molecule has 0 fully saturated rings. The standard InChI is InChI=1S/C15H18N4O/c1-11(2)19-10-17-8-13(19)9-18-14-5-4-12(7-16)6-15(14)20-3/h4-6,8,10-11,18H,9H2,1-3H3. The van der Waals surface area contributed by atoms with E-state index in [0.29, 0.717) is 23.9 Å². The molecule has 1 aromatic heterocycles. The first-order valence-electron chi connectivity index (χ1n) is 6.48. The molecule has 2 aromatic rings. The lowest BCUT2D eigenvalue weighted by molar-refractivity contribution is 0.416. The van der Waals surface area contributed by atoms with Crippen LogP contribution in [0.2, 0.25) is 0 Å². The van der Waals surface area contributed by atoms with Gasteiger partial charge in [-0.05, 0) is 26.0 Å². The number of aromatic nitrogens is 2. The van der Waals surface area contributed by atoms with Crippen molar-refractivity contribution in [2.75, 3.05) is 12.4 Å². The first kappa shape index (κ1) is 13.9. The Balaban J connectivity index is 2.15. The average molecular weight is 270 g/mol. The Morgan fingerprint density at radius 2 is 2.25 bits per heavy atom. The molecule has 0 aliphatic heterocycles. The number of nitrogens with zero attached hydrogens (tertiary/aromatic N) is 3. The van der Waals surface area contributed by atoms with Crippen molar-refractivity contribution in [2.24, 2.45) is 0 Å². The molecular weight excluding hydrogens is 252 g/mol. The number of hydrogen-bond donors (Lipinski definition) is 1. The van der Waals surface area contributed by atoms with E-state index in [1.165, 1.54) is 0 Å². The van der Waals surface area contributed by atoms with E-state index < -0.39 is 0 Å². The van der Waals surface area contributed by atoms with Gasteiger partial charge in [-0.25, -0.2) is 4.98 Å². The van der Waals surface area contributed by atoms with Crippen LogP contribution in [-0.2, 0) is 6.54 Å². The molecule has 0 bridgehead atoms. The van der Waals surface area contributed by atoms with Gasteiger partial charge in [0.2, 0.25) is 0 Å². The maximum Gasteiger partial charge on any atom is 0.143 e. The molecule has 0 saturated carbocycles. The monoisotopic (exact) mass is 270 g/mol. The van der Waals surface area contributed by atoms with Crippen LogP contribution in [0.15, 0.2) is 30.7 Å². The SMILES string of the molecule is COc1cc(C#N)ccc1NCc1cncn1C(C)C. The zero-order chi connectivity index (χ0) is 14.5. The molecule has 0 aliphatic carbocycles. The minimum atomic E-state index is 0.372. The van der Waals surface area contributed by atoms with Gasteiger partial charge in [-0.3, -0.25) is 0 Å². The first-order chi connectivity index (χ1) is 9.65. The number of benzene rings is 1. The zero-order valence-electron chi connectivity index (χ0n) is 11.9. The molecule has 5 nitrogen and oxygen atoms in total. The average Bonchev–Trinajstić information content (AvgIpc) is 2.93. The van der Waals surface area contributed by atoms with Crippen molar-refractivity contribution in [3.63, 3.8) is 0 Å². The second-order valence-corrected chi connectivity index (χ2v) is 4.77. The van der Waals surface area contributed by atoms with Crippen molar-refractivity contribution in [1.82, 2.24) is 9.55 Å². The quantitative estimate of drug-likeness (QED) is 0.907. The number of hydrogen-bond acceptors (Lipinski definition) is 4. The third-order valence-electron chi connectivity index (χ3n) is 3.09. The Kier molecular flexibility index (Phi) is 4.26. The molecule has 0 unspecified atom stereocenters. The second-order valence-electron chi connectivity index (χ2n) is 4.77. The van der Waals surface area contributed by atoms with Crippen molar-refractivity contribution in [3.8, 4) is 11.8 Å². The lowest BCUT2D eigenvalue weighted by Crippen LogP contribution is -2.09. The van der Waals surface area contributed by atoms with Crippen LogP contribution in [0.4, 0.5) is 5.69 Å². The molecule has 1 N–H and O–H groups in total. The van der Waals surface area contributed by atoms with Crippen LogP contribution in [0.1, 0.15) is 31.1 Å². The highest BCUT2D eigenvalue weighted by Gasteiger charge is 2.08. The first-order valence-corrected chi connectivity index (χ1v) is 6.48. The number of nitrogens with one attached hydrogen (secondary N) is 1. The van der Waals surface area contributed by atoms with E-state index in [1.54, 1.807) is 19.2 Å². The number of imidazole rings is 1. The minimum absolute atomic E-state index is 0.372. The van der Waals surface area contributed by atoms with Crippen molar-refractivity contribution in [1.29, 1.82) is 5.26 Å². The van der Waals surface area contributed by atoms with E-state index in [2.05, 4.69) is 34.8 Å². The molecule has 0 atom stereocenters. The summed E-state index contributed by atoms with van der Waals surface area (Å²) >= 11 is 0. The van der Waals surface area contributed by atoms with E-state index in [9.17, 15) is 0 Å². The fourth-order valence-electron chi connectivity index (χ4n) is 2.03. The summed E-state index contributed by atoms with van der Waals surface area (Å²) in [5.74, 6) is 0.666. The van der Waals surface area contributed by atoms with Gasteiger partial charge in [0, 0.05) is 18.3 Å². The van der Waals surface area contributed by atoms with Gasteiger partial charge in [0.1, 0.15) is 5.75 Å². The van der Waals surface area contributed by atoms with Gasteiger partial charge in [-0.15, -0.1) is 0 Å². The lowest BCUT2D eigenvalue weighted by Gasteiger charge is -2.14. The summed E-state index contributed by atoms with van der Waals surface area (Å²) in [6.45, 7) is 4.89. The third-order valence-corrected chi connectivity index (χ3v) is 3.09. The van der Waals surface area contributed by atoms with Crippen LogP contribution in [0.25, 0.3) is 0 Å². The van der Waals surface area contributed by atoms with E-state index in [1.807, 2.05) is 18.6 Å². The lowest BCUT2D eigenvalue weighted by atomic mass is 10.2. The summed E-state index contributed by atoms with van der Waals surface area (Å²) in [5, 5.41) is 12.2. The van der Waals surface area contributed by atoms with Gasteiger partial charge >= 0.3 is 0 Å². The highest BCUT2D eigenvalue weighted by atomic mass is 16.5. The number of nitriles is 1. The minimum Gasteiger partial charge on any atom is -0.495 e. The van der Waals surface area contributed by atoms with Crippen molar-refractivity contribution in [3.05, 3.63) is 42.0 Å². The van der Waals surface area contributed by atoms with Crippen molar-refractivity contribution >= 4 is 5.69 Å². The van der Waals surface area contributed by atoms with E-state index in [-0.39, 0.29) is 0 Å². The molecule has 1 heterocycles. The summed E-state index contributed by atoms with van der Waals surface area (Å²) in [6, 6.07) is 7.82. The molecule has 0 amide bonds. The van der Waals surface area contributed by atoms with Crippen LogP contribution >= 0.6 is 0 Å². The summed E-state index contributed by atoms with van der Waals surface area (Å²) in [4.78, 5) is 4.17. The maximum absolute atomic E-state index is 8.89. The van der Waals surface area contributed by atoms with Gasteiger partial charge in [-0.1, -0.05) is 0 Å². The second kappa shape index (κ2) is 6.11. The molecule has 104 valence electrons. The van der Waals surface area contributed by atoms with Crippen LogP contribution in [0.3, 0.4) is 0 Å². The van der Waals surface area contributed by atoms with E-state index >= 15 is 0 Å². The number of methoxy groups -OCH3 is 1. The number of anilines is 1. The van der Waals surface area contributed by atoms with Crippen molar-refractivity contribution in [2.45, 2.75) is 26.4 Å². The van der Waals surface area contributed by atoms with E-state index in [0.717, 1.165) is 11.4 Å². The Morgan fingerprint density at radius 3 is 2.90 bits per heavy atom. The normalized spacial score (nSPS) is 10.3. The highest BCUT2D eigenvalue weighted by Crippen LogP contribution is 2.26. The predicted octanol–water partition coefficient (Wildman–Crippen LogP) is 2.96. The summed E-state index contributed by atoms with van der Waals surface area (Å²) < 4.78 is 7.41. The summed E-state index contributed by atoms with van der Waals surface area (Å²) in [5.41, 5.74) is 2.55. The molecule has 0 radical (unpaired) electrons. The largest absolute Gasteiger partial charge is 0.495 e. The van der Waals surface area contributed by atoms with Gasteiger partial charge in [0.15, 0.2) is 0 Å². The molecule has 0 saturated heterocycles. The van der Waals surface area contributed by atoms with Crippen LogP contribution in [-0.4, -0.2) is 16.7 Å². The molecule has 1 aromatic carbocycles. The smallest absolute Gasteiger partial charge is 0.143 e.